The van der Waals surface area contributed by atoms with Gasteiger partial charge in [-0.2, -0.15) is 17.7 Å². The molecular formula is C17H15F4N5O2. The molecule has 1 aliphatic heterocycles. The monoisotopic (exact) mass is 397 g/mol. The normalized spacial score (nSPS) is 17.2. The van der Waals surface area contributed by atoms with Crippen molar-refractivity contribution in [3.05, 3.63) is 47.5 Å². The number of aromatic hydroxyl groups is 1. The Morgan fingerprint density at radius 2 is 1.75 bits per heavy atom. The van der Waals surface area contributed by atoms with Crippen LogP contribution in [0, 0.1) is 5.82 Å². The number of aromatic nitrogens is 4. The van der Waals surface area contributed by atoms with Crippen LogP contribution in [-0.2, 0) is 11.8 Å². The molecule has 7 nitrogen and oxygen atoms in total. The minimum absolute atomic E-state index is 0.0317. The Morgan fingerprint density at radius 1 is 1.04 bits per heavy atom. The lowest BCUT2D eigenvalue weighted by Gasteiger charge is -2.39. The number of piperidine rings is 1. The Balaban J connectivity index is 1.58. The number of phenols is 1. The van der Waals surface area contributed by atoms with Crippen molar-refractivity contribution >= 4 is 11.5 Å². The molecule has 0 spiro atoms. The van der Waals surface area contributed by atoms with Gasteiger partial charge in [0.15, 0.2) is 5.65 Å². The average Bonchev–Trinajstić information content (AvgIpc) is 3.05. The van der Waals surface area contributed by atoms with E-state index in [1.165, 1.54) is 24.3 Å². The largest absolute Gasteiger partial charge is 0.508 e. The summed E-state index contributed by atoms with van der Waals surface area (Å²) in [4.78, 5) is 1.70. The van der Waals surface area contributed by atoms with Gasteiger partial charge in [0.1, 0.15) is 17.4 Å². The Kier molecular flexibility index (Phi) is 4.14. The molecule has 0 radical (unpaired) electrons. The summed E-state index contributed by atoms with van der Waals surface area (Å²) in [5.41, 5.74) is -1.39. The van der Waals surface area contributed by atoms with Gasteiger partial charge in [-0.15, -0.1) is 15.3 Å². The van der Waals surface area contributed by atoms with Crippen LogP contribution in [0.2, 0.25) is 0 Å². The third kappa shape index (κ3) is 3.11. The van der Waals surface area contributed by atoms with Gasteiger partial charge in [0, 0.05) is 24.7 Å². The molecule has 28 heavy (non-hydrogen) atoms. The van der Waals surface area contributed by atoms with Crippen molar-refractivity contribution in [2.24, 2.45) is 0 Å². The molecule has 1 saturated heterocycles. The Labute approximate surface area is 155 Å². The zero-order valence-electron chi connectivity index (χ0n) is 14.4. The molecule has 2 aromatic heterocycles. The van der Waals surface area contributed by atoms with Crippen molar-refractivity contribution in [3.63, 3.8) is 0 Å². The minimum Gasteiger partial charge on any atom is -0.508 e. The summed E-state index contributed by atoms with van der Waals surface area (Å²) in [5.74, 6) is -1.90. The molecule has 3 heterocycles. The standard InChI is InChI=1S/C17H15F4N5O2/c18-12-9-10(27)1-2-11(12)16(28)5-7-25(8-6-16)14-4-3-13-22-23-15(17(19,20)21)26(13)24-14/h1-4,9,27-28H,5-8H2. The first-order valence-corrected chi connectivity index (χ1v) is 8.43. The van der Waals surface area contributed by atoms with Gasteiger partial charge < -0.3 is 15.1 Å². The second-order valence-corrected chi connectivity index (χ2v) is 6.67. The first-order valence-electron chi connectivity index (χ1n) is 8.43. The van der Waals surface area contributed by atoms with E-state index in [9.17, 15) is 27.8 Å². The Hall–Kier alpha value is -2.95. The zero-order valence-corrected chi connectivity index (χ0v) is 14.4. The van der Waals surface area contributed by atoms with Crippen molar-refractivity contribution in [3.8, 4) is 5.75 Å². The highest BCUT2D eigenvalue weighted by atomic mass is 19.4. The van der Waals surface area contributed by atoms with Crippen LogP contribution in [0.4, 0.5) is 23.4 Å². The molecule has 1 aliphatic rings. The number of anilines is 1. The van der Waals surface area contributed by atoms with E-state index in [0.717, 1.165) is 6.07 Å². The van der Waals surface area contributed by atoms with E-state index < -0.39 is 23.4 Å². The first-order chi connectivity index (χ1) is 13.2. The molecule has 2 N–H and O–H groups in total. The van der Waals surface area contributed by atoms with Gasteiger partial charge in [0.2, 0.25) is 0 Å². The summed E-state index contributed by atoms with van der Waals surface area (Å²) in [6.45, 7) is 0.498. The lowest BCUT2D eigenvalue weighted by Crippen LogP contribution is -2.43. The summed E-state index contributed by atoms with van der Waals surface area (Å²) < 4.78 is 53.8. The third-order valence-electron chi connectivity index (χ3n) is 4.87. The van der Waals surface area contributed by atoms with Crippen LogP contribution in [0.15, 0.2) is 30.3 Å². The lowest BCUT2D eigenvalue weighted by molar-refractivity contribution is -0.146. The van der Waals surface area contributed by atoms with E-state index in [2.05, 4.69) is 15.3 Å². The number of hydrogen-bond acceptors (Lipinski definition) is 6. The van der Waals surface area contributed by atoms with Crippen LogP contribution in [-0.4, -0.2) is 43.1 Å². The van der Waals surface area contributed by atoms with Crippen molar-refractivity contribution in [1.29, 1.82) is 0 Å². The molecule has 1 aromatic carbocycles. The summed E-state index contributed by atoms with van der Waals surface area (Å²) in [6.07, 6.45) is -4.41. The molecule has 0 atom stereocenters. The zero-order chi connectivity index (χ0) is 20.1. The maximum atomic E-state index is 14.1. The van der Waals surface area contributed by atoms with Crippen molar-refractivity contribution in [2.45, 2.75) is 24.6 Å². The summed E-state index contributed by atoms with van der Waals surface area (Å²) in [5, 5.41) is 30.7. The van der Waals surface area contributed by atoms with E-state index in [1.807, 2.05) is 0 Å². The number of fused-ring (bicyclic) bond motifs is 1. The second kappa shape index (κ2) is 6.30. The SMILES string of the molecule is Oc1ccc(C2(O)CCN(c3ccc4nnc(C(F)(F)F)n4n3)CC2)c(F)c1. The van der Waals surface area contributed by atoms with Crippen molar-refractivity contribution in [2.75, 3.05) is 18.0 Å². The lowest BCUT2D eigenvalue weighted by atomic mass is 9.84. The van der Waals surface area contributed by atoms with E-state index in [0.29, 0.717) is 4.52 Å². The van der Waals surface area contributed by atoms with E-state index in [-0.39, 0.29) is 48.7 Å². The highest BCUT2D eigenvalue weighted by molar-refractivity contribution is 5.46. The van der Waals surface area contributed by atoms with Gasteiger partial charge in [0.25, 0.3) is 5.82 Å². The van der Waals surface area contributed by atoms with Crippen LogP contribution >= 0.6 is 0 Å². The molecule has 4 rings (SSSR count). The highest BCUT2D eigenvalue weighted by Crippen LogP contribution is 2.36. The number of aliphatic hydroxyl groups is 1. The molecule has 0 bridgehead atoms. The molecular weight excluding hydrogens is 382 g/mol. The number of nitrogens with zero attached hydrogens (tertiary/aromatic N) is 5. The van der Waals surface area contributed by atoms with Crippen LogP contribution in [0.3, 0.4) is 0 Å². The summed E-state index contributed by atoms with van der Waals surface area (Å²) in [7, 11) is 0. The number of phenolic OH excluding ortho intramolecular Hbond substituents is 1. The Morgan fingerprint density at radius 3 is 2.39 bits per heavy atom. The Bertz CT molecular complexity index is 1030. The fourth-order valence-corrected chi connectivity index (χ4v) is 3.38. The quantitative estimate of drug-likeness (QED) is 0.646. The summed E-state index contributed by atoms with van der Waals surface area (Å²) >= 11 is 0. The van der Waals surface area contributed by atoms with Gasteiger partial charge in [-0.25, -0.2) is 4.39 Å². The fraction of sp³-hybridized carbons (Fsp3) is 0.353. The number of halogens is 4. The minimum atomic E-state index is -4.69. The maximum absolute atomic E-state index is 14.1. The molecule has 148 valence electrons. The number of rotatable bonds is 2. The van der Waals surface area contributed by atoms with E-state index in [1.54, 1.807) is 4.90 Å². The smallest absolute Gasteiger partial charge is 0.453 e. The van der Waals surface area contributed by atoms with Crippen LogP contribution in [0.25, 0.3) is 5.65 Å². The molecule has 3 aromatic rings. The molecule has 0 unspecified atom stereocenters. The van der Waals surface area contributed by atoms with Gasteiger partial charge in [-0.1, -0.05) is 0 Å². The molecule has 11 heteroatoms. The number of benzene rings is 1. The molecule has 0 aliphatic carbocycles. The van der Waals surface area contributed by atoms with E-state index in [4.69, 9.17) is 0 Å². The highest BCUT2D eigenvalue weighted by Gasteiger charge is 2.39. The predicted octanol–water partition coefficient (Wildman–Crippen LogP) is 2.48. The number of alkyl halides is 3. The summed E-state index contributed by atoms with van der Waals surface area (Å²) in [6, 6.07) is 6.46. The average molecular weight is 397 g/mol. The van der Waals surface area contributed by atoms with Crippen LogP contribution < -0.4 is 4.90 Å². The second-order valence-electron chi connectivity index (χ2n) is 6.67. The maximum Gasteiger partial charge on any atom is 0.453 e. The fourth-order valence-electron chi connectivity index (χ4n) is 3.38. The van der Waals surface area contributed by atoms with Gasteiger partial charge >= 0.3 is 6.18 Å². The van der Waals surface area contributed by atoms with E-state index >= 15 is 0 Å². The van der Waals surface area contributed by atoms with Gasteiger partial charge in [-0.3, -0.25) is 0 Å². The predicted molar refractivity (Wildman–Crippen MR) is 89.2 cm³/mol. The van der Waals surface area contributed by atoms with Crippen LogP contribution in [0.1, 0.15) is 24.2 Å². The topological polar surface area (TPSA) is 86.8 Å². The molecule has 1 fully saturated rings. The van der Waals surface area contributed by atoms with Crippen molar-refractivity contribution < 1.29 is 27.8 Å². The van der Waals surface area contributed by atoms with Gasteiger partial charge in [-0.05, 0) is 37.1 Å². The molecule has 0 saturated carbocycles. The van der Waals surface area contributed by atoms with Gasteiger partial charge in [0.05, 0.1) is 5.60 Å². The third-order valence-corrected chi connectivity index (χ3v) is 4.87. The first kappa shape index (κ1) is 18.4. The van der Waals surface area contributed by atoms with Crippen molar-refractivity contribution in [1.82, 2.24) is 19.8 Å². The van der Waals surface area contributed by atoms with Crippen LogP contribution in [0.5, 0.6) is 5.75 Å². The number of hydrogen-bond donors (Lipinski definition) is 2. The molecule has 0 amide bonds.